The van der Waals surface area contributed by atoms with Crippen LogP contribution in [-0.2, 0) is 5.41 Å². The van der Waals surface area contributed by atoms with E-state index in [4.69, 9.17) is 15.0 Å². The Morgan fingerprint density at radius 3 is 1.65 bits per heavy atom. The summed E-state index contributed by atoms with van der Waals surface area (Å²) in [6, 6.07) is 61.4. The Morgan fingerprint density at radius 2 is 0.923 bits per heavy atom. The Kier molecular flexibility index (Phi) is 6.99. The molecule has 0 fully saturated rings. The van der Waals surface area contributed by atoms with Gasteiger partial charge < -0.3 is 0 Å². The first-order chi connectivity index (χ1) is 25.7. The molecule has 2 aliphatic rings. The second kappa shape index (κ2) is 12.0. The van der Waals surface area contributed by atoms with E-state index in [2.05, 4.69) is 133 Å². The predicted molar refractivity (Wildman–Crippen MR) is 208 cm³/mol. The predicted octanol–water partition coefficient (Wildman–Crippen LogP) is 11.2. The molecule has 0 amide bonds. The van der Waals surface area contributed by atoms with Crippen molar-refractivity contribution < 1.29 is 0 Å². The van der Waals surface area contributed by atoms with Gasteiger partial charge in [0.1, 0.15) is 0 Å². The van der Waals surface area contributed by atoms with Crippen molar-refractivity contribution in [3.05, 3.63) is 198 Å². The molecule has 0 bridgehead atoms. The molecule has 7 aromatic carbocycles. The fourth-order valence-electron chi connectivity index (χ4n) is 7.90. The van der Waals surface area contributed by atoms with Gasteiger partial charge in [-0.05, 0) is 74.8 Å². The fraction of sp³-hybridized carbons (Fsp3) is 0.0213. The number of nitrogens with zero attached hydrogens (tertiary/aromatic N) is 4. The van der Waals surface area contributed by atoms with Crippen molar-refractivity contribution in [2.45, 2.75) is 15.2 Å². The van der Waals surface area contributed by atoms with E-state index in [0.29, 0.717) is 23.0 Å². The van der Waals surface area contributed by atoms with E-state index < -0.39 is 5.41 Å². The van der Waals surface area contributed by atoms with Crippen molar-refractivity contribution >= 4 is 11.8 Å². The maximum absolute atomic E-state index is 10.1. The van der Waals surface area contributed by atoms with E-state index in [9.17, 15) is 5.26 Å². The van der Waals surface area contributed by atoms with Crippen LogP contribution in [0.3, 0.4) is 0 Å². The smallest absolute Gasteiger partial charge is 0.164 e. The summed E-state index contributed by atoms with van der Waals surface area (Å²) in [4.78, 5) is 17.7. The van der Waals surface area contributed by atoms with Crippen LogP contribution < -0.4 is 0 Å². The van der Waals surface area contributed by atoms with E-state index in [-0.39, 0.29) is 0 Å². The second-order valence-corrected chi connectivity index (χ2v) is 14.2. The molecule has 1 aromatic heterocycles. The molecule has 10 rings (SSSR count). The molecule has 0 saturated heterocycles. The Hall–Kier alpha value is -6.61. The minimum Gasteiger partial charge on any atom is -0.208 e. The van der Waals surface area contributed by atoms with Gasteiger partial charge in [0.05, 0.1) is 17.0 Å². The lowest BCUT2D eigenvalue weighted by molar-refractivity contribution is 0.722. The first-order valence-corrected chi connectivity index (χ1v) is 18.1. The van der Waals surface area contributed by atoms with Crippen molar-refractivity contribution in [2.75, 3.05) is 0 Å². The Balaban J connectivity index is 1.20. The van der Waals surface area contributed by atoms with Gasteiger partial charge in [-0.15, -0.1) is 0 Å². The topological polar surface area (TPSA) is 62.5 Å². The Labute approximate surface area is 306 Å². The number of fused-ring (bicyclic) bond motifs is 9. The van der Waals surface area contributed by atoms with Gasteiger partial charge in [0.15, 0.2) is 17.5 Å². The highest BCUT2D eigenvalue weighted by atomic mass is 32.2. The van der Waals surface area contributed by atoms with Gasteiger partial charge in [-0.25, -0.2) is 15.0 Å². The summed E-state index contributed by atoms with van der Waals surface area (Å²) < 4.78 is 0. The van der Waals surface area contributed by atoms with E-state index in [1.165, 1.54) is 26.5 Å². The summed E-state index contributed by atoms with van der Waals surface area (Å²) >= 11 is 1.79. The molecule has 1 atom stereocenters. The number of benzene rings is 7. The summed E-state index contributed by atoms with van der Waals surface area (Å²) in [5.41, 5.74) is 12.1. The molecule has 0 N–H and O–H groups in total. The van der Waals surface area contributed by atoms with Crippen molar-refractivity contribution in [1.29, 1.82) is 5.26 Å². The lowest BCUT2D eigenvalue weighted by atomic mass is 9.67. The van der Waals surface area contributed by atoms with Crippen LogP contribution in [0.25, 0.3) is 56.4 Å². The van der Waals surface area contributed by atoms with E-state index >= 15 is 0 Å². The highest BCUT2D eigenvalue weighted by Gasteiger charge is 2.50. The molecule has 5 heteroatoms. The van der Waals surface area contributed by atoms with Gasteiger partial charge in [0.2, 0.25) is 0 Å². The van der Waals surface area contributed by atoms with Crippen LogP contribution >= 0.6 is 11.8 Å². The molecule has 52 heavy (non-hydrogen) atoms. The lowest BCUT2D eigenvalue weighted by Gasteiger charge is -2.40. The highest BCUT2D eigenvalue weighted by molar-refractivity contribution is 7.99. The molecule has 0 radical (unpaired) electrons. The van der Waals surface area contributed by atoms with Gasteiger partial charge in [-0.1, -0.05) is 151 Å². The summed E-state index contributed by atoms with van der Waals surface area (Å²) in [5.74, 6) is 1.84. The summed E-state index contributed by atoms with van der Waals surface area (Å²) in [6.07, 6.45) is 0. The molecule has 0 saturated carbocycles. The van der Waals surface area contributed by atoms with E-state index in [1.807, 2.05) is 42.5 Å². The highest BCUT2D eigenvalue weighted by Crippen LogP contribution is 2.62. The number of nitriles is 1. The van der Waals surface area contributed by atoms with Crippen molar-refractivity contribution in [3.63, 3.8) is 0 Å². The first kappa shape index (κ1) is 30.2. The largest absolute Gasteiger partial charge is 0.208 e. The summed E-state index contributed by atoms with van der Waals surface area (Å²) in [7, 11) is 0. The van der Waals surface area contributed by atoms with Crippen molar-refractivity contribution in [1.82, 2.24) is 15.0 Å². The molecule has 4 nitrogen and oxygen atoms in total. The first-order valence-electron chi connectivity index (χ1n) is 17.2. The van der Waals surface area contributed by atoms with Gasteiger partial charge in [0, 0.05) is 26.5 Å². The Morgan fingerprint density at radius 1 is 0.404 bits per heavy atom. The van der Waals surface area contributed by atoms with Gasteiger partial charge in [0.25, 0.3) is 0 Å². The molecule has 1 unspecified atom stereocenters. The summed E-state index contributed by atoms with van der Waals surface area (Å²) in [6.45, 7) is 0. The average molecular weight is 681 g/mol. The van der Waals surface area contributed by atoms with Crippen LogP contribution in [-0.4, -0.2) is 15.0 Å². The maximum atomic E-state index is 10.1. The van der Waals surface area contributed by atoms with Gasteiger partial charge in [-0.2, -0.15) is 5.26 Å². The van der Waals surface area contributed by atoms with Crippen LogP contribution in [0.1, 0.15) is 27.8 Å². The molecule has 1 spiro atoms. The molecule has 8 aromatic rings. The third kappa shape index (κ3) is 4.66. The molecule has 1 aliphatic carbocycles. The number of hydrogen-bond donors (Lipinski definition) is 0. The summed E-state index contributed by atoms with van der Waals surface area (Å²) in [5, 5.41) is 10.1. The number of aromatic nitrogens is 3. The fourth-order valence-corrected chi connectivity index (χ4v) is 9.07. The van der Waals surface area contributed by atoms with Crippen LogP contribution in [0.2, 0.25) is 0 Å². The standard InChI is InChI=1S/C47H28N4S/c48-29-30-19-25-37-36-15-7-8-16-38(36)47(40(37)27-30)39-17-9-10-18-42(39)52-43-26-24-35(28-41(43)47)46-50-44(33-13-5-2-6-14-33)49-45(51-46)34-22-20-32(21-23-34)31-11-3-1-4-12-31/h1-28H. The van der Waals surface area contributed by atoms with Gasteiger partial charge in [-0.3, -0.25) is 0 Å². The van der Waals surface area contributed by atoms with E-state index in [1.54, 1.807) is 11.8 Å². The van der Waals surface area contributed by atoms with Crippen molar-refractivity contribution in [3.8, 4) is 62.5 Å². The van der Waals surface area contributed by atoms with Crippen LogP contribution in [0.5, 0.6) is 0 Å². The maximum Gasteiger partial charge on any atom is 0.164 e. The van der Waals surface area contributed by atoms with Crippen LogP contribution in [0.15, 0.2) is 180 Å². The second-order valence-electron chi connectivity index (χ2n) is 13.1. The minimum absolute atomic E-state index is 0.607. The zero-order chi connectivity index (χ0) is 34.6. The zero-order valence-electron chi connectivity index (χ0n) is 27.9. The van der Waals surface area contributed by atoms with E-state index in [0.717, 1.165) is 44.5 Å². The zero-order valence-corrected chi connectivity index (χ0v) is 28.7. The molecular formula is C47H28N4S. The third-order valence-corrected chi connectivity index (χ3v) is 11.4. The number of hydrogen-bond acceptors (Lipinski definition) is 5. The average Bonchev–Trinajstić information content (AvgIpc) is 3.51. The Bertz CT molecular complexity index is 2720. The lowest BCUT2D eigenvalue weighted by Crippen LogP contribution is -2.32. The van der Waals surface area contributed by atoms with Crippen molar-refractivity contribution in [2.24, 2.45) is 0 Å². The van der Waals surface area contributed by atoms with Crippen LogP contribution in [0, 0.1) is 11.3 Å². The van der Waals surface area contributed by atoms with Crippen LogP contribution in [0.4, 0.5) is 0 Å². The quantitative estimate of drug-likeness (QED) is 0.185. The SMILES string of the molecule is N#Cc1ccc2c(c1)C1(c3ccccc3Sc3ccc(-c4nc(-c5ccccc5)nc(-c5ccc(-c6ccccc6)cc5)n4)cc31)c1ccccc1-2. The monoisotopic (exact) mass is 680 g/mol. The molecular weight excluding hydrogens is 653 g/mol. The minimum atomic E-state index is -0.628. The molecule has 1 aliphatic heterocycles. The third-order valence-electron chi connectivity index (χ3n) is 10.2. The molecule has 2 heterocycles. The molecule has 242 valence electrons. The number of rotatable bonds is 4. The normalized spacial score (nSPS) is 14.9. The van der Waals surface area contributed by atoms with Gasteiger partial charge >= 0.3 is 0 Å².